The Labute approximate surface area is 118 Å². The van der Waals surface area contributed by atoms with Gasteiger partial charge in [-0.25, -0.2) is 4.98 Å². The van der Waals surface area contributed by atoms with E-state index in [1.165, 1.54) is 11.5 Å². The van der Waals surface area contributed by atoms with Crippen molar-refractivity contribution < 1.29 is 9.90 Å². The zero-order valence-corrected chi connectivity index (χ0v) is 12.7. The third-order valence-electron chi connectivity index (χ3n) is 2.75. The average Bonchev–Trinajstić information content (AvgIpc) is 2.73. The molecule has 0 radical (unpaired) electrons. The first-order valence-electron chi connectivity index (χ1n) is 6.79. The van der Waals surface area contributed by atoms with Crippen LogP contribution in [0.4, 0.5) is 5.13 Å². The second kappa shape index (κ2) is 8.09. The lowest BCUT2D eigenvalue weighted by atomic mass is 9.94. The normalized spacial score (nSPS) is 12.6. The van der Waals surface area contributed by atoms with Crippen LogP contribution < -0.4 is 5.32 Å². The molecule has 0 fully saturated rings. The topological polar surface area (TPSA) is 75.1 Å². The van der Waals surface area contributed by atoms with Crippen LogP contribution in [-0.2, 0) is 11.2 Å². The summed E-state index contributed by atoms with van der Waals surface area (Å²) in [7, 11) is 0. The lowest BCUT2D eigenvalue weighted by molar-refractivity contribution is -0.138. The molecule has 19 heavy (non-hydrogen) atoms. The minimum absolute atomic E-state index is 0.135. The molecule has 1 aromatic heterocycles. The van der Waals surface area contributed by atoms with Crippen LogP contribution in [0.25, 0.3) is 0 Å². The predicted molar refractivity (Wildman–Crippen MR) is 77.6 cm³/mol. The number of rotatable bonds is 9. The van der Waals surface area contributed by atoms with E-state index >= 15 is 0 Å². The summed E-state index contributed by atoms with van der Waals surface area (Å²) < 4.78 is 4.26. The zero-order chi connectivity index (χ0) is 14.3. The predicted octanol–water partition coefficient (Wildman–Crippen LogP) is 3.04. The molecule has 0 saturated heterocycles. The number of anilines is 1. The molecular formula is C13H23N3O2S. The van der Waals surface area contributed by atoms with Gasteiger partial charge in [0.15, 0.2) is 0 Å². The quantitative estimate of drug-likeness (QED) is 0.729. The van der Waals surface area contributed by atoms with Crippen molar-refractivity contribution in [3.05, 3.63) is 5.82 Å². The van der Waals surface area contributed by atoms with Crippen LogP contribution in [0.15, 0.2) is 0 Å². The molecule has 0 amide bonds. The van der Waals surface area contributed by atoms with Gasteiger partial charge in [0.2, 0.25) is 5.13 Å². The van der Waals surface area contributed by atoms with E-state index in [0.29, 0.717) is 12.5 Å². The highest BCUT2D eigenvalue weighted by atomic mass is 32.1. The van der Waals surface area contributed by atoms with Gasteiger partial charge in [0.05, 0.1) is 0 Å². The van der Waals surface area contributed by atoms with E-state index in [0.717, 1.165) is 30.2 Å². The fourth-order valence-electron chi connectivity index (χ4n) is 2.04. The van der Waals surface area contributed by atoms with Crippen molar-refractivity contribution in [1.82, 2.24) is 9.36 Å². The fraction of sp³-hybridized carbons (Fsp3) is 0.769. The lowest BCUT2D eigenvalue weighted by Crippen LogP contribution is -2.19. The Bertz CT molecular complexity index is 393. The largest absolute Gasteiger partial charge is 0.481 e. The van der Waals surface area contributed by atoms with Gasteiger partial charge in [-0.2, -0.15) is 4.37 Å². The first kappa shape index (κ1) is 15.9. The molecule has 0 aromatic carbocycles. The van der Waals surface area contributed by atoms with Crippen LogP contribution in [-0.4, -0.2) is 27.0 Å². The van der Waals surface area contributed by atoms with Gasteiger partial charge in [-0.3, -0.25) is 4.79 Å². The highest BCUT2D eigenvalue weighted by Crippen LogP contribution is 2.18. The van der Waals surface area contributed by atoms with Crippen molar-refractivity contribution in [2.75, 3.05) is 11.9 Å². The number of nitrogens with one attached hydrogen (secondary N) is 1. The van der Waals surface area contributed by atoms with Crippen molar-refractivity contribution in [2.45, 2.75) is 46.5 Å². The van der Waals surface area contributed by atoms with Crippen molar-refractivity contribution in [3.8, 4) is 0 Å². The molecule has 0 aliphatic rings. The smallest absolute Gasteiger partial charge is 0.303 e. The highest BCUT2D eigenvalue weighted by Gasteiger charge is 2.15. The Morgan fingerprint density at radius 3 is 2.79 bits per heavy atom. The molecule has 1 aromatic rings. The van der Waals surface area contributed by atoms with Gasteiger partial charge in [-0.15, -0.1) is 0 Å². The Morgan fingerprint density at radius 2 is 2.21 bits per heavy atom. The molecule has 1 heterocycles. The monoisotopic (exact) mass is 285 g/mol. The van der Waals surface area contributed by atoms with Crippen LogP contribution in [0, 0.1) is 11.8 Å². The number of aliphatic carboxylic acids is 1. The summed E-state index contributed by atoms with van der Waals surface area (Å²) in [4.78, 5) is 15.2. The number of nitrogens with zero attached hydrogens (tertiary/aromatic N) is 2. The minimum Gasteiger partial charge on any atom is -0.481 e. The molecular weight excluding hydrogens is 262 g/mol. The molecule has 1 unspecified atom stereocenters. The van der Waals surface area contributed by atoms with Gasteiger partial charge in [0.1, 0.15) is 5.82 Å². The van der Waals surface area contributed by atoms with Gasteiger partial charge in [-0.1, -0.05) is 20.8 Å². The minimum atomic E-state index is -0.739. The number of carbonyl (C=O) groups is 1. The highest BCUT2D eigenvalue weighted by molar-refractivity contribution is 7.09. The van der Waals surface area contributed by atoms with E-state index in [9.17, 15) is 4.79 Å². The lowest BCUT2D eigenvalue weighted by Gasteiger charge is -2.17. The molecule has 6 heteroatoms. The number of aryl methyl sites for hydroxylation is 1. The summed E-state index contributed by atoms with van der Waals surface area (Å²) >= 11 is 1.35. The van der Waals surface area contributed by atoms with Crippen molar-refractivity contribution in [1.29, 1.82) is 0 Å². The Morgan fingerprint density at radius 1 is 1.47 bits per heavy atom. The summed E-state index contributed by atoms with van der Waals surface area (Å²) in [5.41, 5.74) is 0. The summed E-state index contributed by atoms with van der Waals surface area (Å²) in [6, 6.07) is 0. The molecule has 0 aliphatic heterocycles. The van der Waals surface area contributed by atoms with Gasteiger partial charge < -0.3 is 10.4 Å². The maximum absolute atomic E-state index is 10.8. The van der Waals surface area contributed by atoms with E-state index < -0.39 is 5.97 Å². The SMILES string of the molecule is CCCc1nsc(NCC(CC(=O)O)CC(C)C)n1. The zero-order valence-electron chi connectivity index (χ0n) is 11.8. The number of aromatic nitrogens is 2. The molecule has 0 spiro atoms. The third-order valence-corrected chi connectivity index (χ3v) is 3.46. The van der Waals surface area contributed by atoms with Crippen LogP contribution >= 0.6 is 11.5 Å². The molecule has 2 N–H and O–H groups in total. The number of carboxylic acid groups (broad SMARTS) is 1. The van der Waals surface area contributed by atoms with Crippen LogP contribution in [0.5, 0.6) is 0 Å². The summed E-state index contributed by atoms with van der Waals surface area (Å²) in [6.45, 7) is 6.96. The number of carboxylic acids is 1. The van der Waals surface area contributed by atoms with E-state index in [1.807, 2.05) is 0 Å². The molecule has 1 atom stereocenters. The van der Waals surface area contributed by atoms with Gasteiger partial charge in [0.25, 0.3) is 0 Å². The second-order valence-electron chi connectivity index (χ2n) is 5.24. The van der Waals surface area contributed by atoms with Gasteiger partial charge >= 0.3 is 5.97 Å². The van der Waals surface area contributed by atoms with Crippen molar-refractivity contribution in [3.63, 3.8) is 0 Å². The van der Waals surface area contributed by atoms with E-state index in [1.54, 1.807) is 0 Å². The molecule has 0 bridgehead atoms. The maximum Gasteiger partial charge on any atom is 0.303 e. The maximum atomic E-state index is 10.8. The Hall–Kier alpha value is -1.17. The van der Waals surface area contributed by atoms with Gasteiger partial charge in [0, 0.05) is 30.9 Å². The third kappa shape index (κ3) is 6.52. The Kier molecular flexibility index (Phi) is 6.77. The Balaban J connectivity index is 2.46. The fourth-order valence-corrected chi connectivity index (χ4v) is 2.65. The molecule has 5 nitrogen and oxygen atoms in total. The van der Waals surface area contributed by atoms with E-state index in [-0.39, 0.29) is 12.3 Å². The molecule has 108 valence electrons. The standard InChI is InChI=1S/C13H23N3O2S/c1-4-5-11-15-13(19-16-11)14-8-10(6-9(2)3)7-12(17)18/h9-10H,4-8H2,1-3H3,(H,17,18)(H,14,15,16). The molecule has 0 saturated carbocycles. The average molecular weight is 285 g/mol. The first-order chi connectivity index (χ1) is 9.01. The van der Waals surface area contributed by atoms with Crippen LogP contribution in [0.2, 0.25) is 0 Å². The first-order valence-corrected chi connectivity index (χ1v) is 7.56. The second-order valence-corrected chi connectivity index (χ2v) is 5.99. The summed E-state index contributed by atoms with van der Waals surface area (Å²) in [5.74, 6) is 0.761. The van der Waals surface area contributed by atoms with E-state index in [4.69, 9.17) is 5.11 Å². The summed E-state index contributed by atoms with van der Waals surface area (Å²) in [5, 5.41) is 12.9. The van der Waals surface area contributed by atoms with Gasteiger partial charge in [-0.05, 0) is 24.7 Å². The van der Waals surface area contributed by atoms with Crippen LogP contribution in [0.1, 0.15) is 45.9 Å². The number of hydrogen-bond acceptors (Lipinski definition) is 5. The van der Waals surface area contributed by atoms with Crippen LogP contribution in [0.3, 0.4) is 0 Å². The number of hydrogen-bond donors (Lipinski definition) is 2. The summed E-state index contributed by atoms with van der Waals surface area (Å²) in [6.07, 6.45) is 3.03. The molecule has 1 rings (SSSR count). The van der Waals surface area contributed by atoms with Crippen molar-refractivity contribution >= 4 is 22.6 Å². The van der Waals surface area contributed by atoms with Crippen molar-refractivity contribution in [2.24, 2.45) is 11.8 Å². The van der Waals surface area contributed by atoms with E-state index in [2.05, 4.69) is 35.4 Å². The molecule has 0 aliphatic carbocycles.